The van der Waals surface area contributed by atoms with Crippen molar-refractivity contribution in [3.05, 3.63) is 28.8 Å². The van der Waals surface area contributed by atoms with Gasteiger partial charge in [0, 0.05) is 16.8 Å². The molecule has 1 unspecified atom stereocenters. The fraction of sp³-hybridized carbons (Fsp3) is 0.438. The molecule has 0 aliphatic heterocycles. The lowest BCUT2D eigenvalue weighted by Gasteiger charge is -2.08. The molecular formula is C16H20N2O2S. The first kappa shape index (κ1) is 14.4. The highest BCUT2D eigenvalue weighted by Crippen LogP contribution is 2.47. The molecule has 4 nitrogen and oxygen atoms in total. The molecule has 2 aromatic rings. The van der Waals surface area contributed by atoms with Crippen LogP contribution in [0.15, 0.2) is 18.2 Å². The lowest BCUT2D eigenvalue weighted by molar-refractivity contribution is 0.404. The molecule has 3 rings (SSSR count). The fourth-order valence-corrected chi connectivity index (χ4v) is 3.54. The molecule has 1 aromatic carbocycles. The molecule has 1 aliphatic rings. The number of hydrogen-bond donors (Lipinski definition) is 1. The Kier molecular flexibility index (Phi) is 3.87. The molecule has 1 heterocycles. The highest BCUT2D eigenvalue weighted by atomic mass is 32.1. The highest BCUT2D eigenvalue weighted by Gasteiger charge is 2.31. The van der Waals surface area contributed by atoms with Gasteiger partial charge in [-0.1, -0.05) is 0 Å². The van der Waals surface area contributed by atoms with E-state index in [0.29, 0.717) is 5.92 Å². The van der Waals surface area contributed by atoms with Gasteiger partial charge in [0.1, 0.15) is 16.5 Å². The largest absolute Gasteiger partial charge is 0.497 e. The van der Waals surface area contributed by atoms with Crippen LogP contribution in [0.2, 0.25) is 0 Å². The zero-order chi connectivity index (χ0) is 15.0. The molecule has 112 valence electrons. The van der Waals surface area contributed by atoms with Crippen molar-refractivity contribution >= 4 is 11.3 Å². The van der Waals surface area contributed by atoms with E-state index >= 15 is 0 Å². The molecule has 0 bridgehead atoms. The molecule has 0 saturated heterocycles. The van der Waals surface area contributed by atoms with Gasteiger partial charge in [-0.25, -0.2) is 4.98 Å². The summed E-state index contributed by atoms with van der Waals surface area (Å²) in [5, 5.41) is 0.958. The first-order valence-corrected chi connectivity index (χ1v) is 7.94. The lowest BCUT2D eigenvalue weighted by Crippen LogP contribution is -2.05. The van der Waals surface area contributed by atoms with Crippen molar-refractivity contribution in [3.63, 3.8) is 0 Å². The van der Waals surface area contributed by atoms with E-state index in [1.165, 1.54) is 23.4 Å². The molecule has 1 aliphatic carbocycles. The summed E-state index contributed by atoms with van der Waals surface area (Å²) in [6.45, 7) is 2.02. The number of methoxy groups -OCH3 is 2. The minimum atomic E-state index is 0.0171. The number of nitrogens with two attached hydrogens (primary N) is 1. The van der Waals surface area contributed by atoms with E-state index in [0.717, 1.165) is 22.1 Å². The average molecular weight is 304 g/mol. The maximum Gasteiger partial charge on any atom is 0.129 e. The summed E-state index contributed by atoms with van der Waals surface area (Å²) in [5.74, 6) is 2.20. The summed E-state index contributed by atoms with van der Waals surface area (Å²) in [7, 11) is 3.34. The molecule has 0 radical (unpaired) electrons. The van der Waals surface area contributed by atoms with Crippen LogP contribution in [0, 0.1) is 0 Å². The first-order chi connectivity index (χ1) is 10.1. The van der Waals surface area contributed by atoms with Crippen LogP contribution in [-0.2, 0) is 0 Å². The Balaban J connectivity index is 2.09. The van der Waals surface area contributed by atoms with E-state index in [9.17, 15) is 0 Å². The summed E-state index contributed by atoms with van der Waals surface area (Å²) < 4.78 is 10.8. The molecule has 1 saturated carbocycles. The van der Waals surface area contributed by atoms with Gasteiger partial charge in [-0.15, -0.1) is 11.3 Å². The second kappa shape index (κ2) is 5.66. The number of thiazole rings is 1. The van der Waals surface area contributed by atoms with E-state index in [4.69, 9.17) is 20.2 Å². The summed E-state index contributed by atoms with van der Waals surface area (Å²) >= 11 is 1.67. The molecule has 2 N–H and O–H groups in total. The van der Waals surface area contributed by atoms with Gasteiger partial charge in [-0.05, 0) is 38.0 Å². The Morgan fingerprint density at radius 3 is 2.62 bits per heavy atom. The second-order valence-electron chi connectivity index (χ2n) is 5.40. The summed E-state index contributed by atoms with van der Waals surface area (Å²) in [6, 6.07) is 5.80. The number of benzene rings is 1. The molecule has 0 amide bonds. The van der Waals surface area contributed by atoms with E-state index < -0.39 is 0 Å². The van der Waals surface area contributed by atoms with Crippen LogP contribution < -0.4 is 15.2 Å². The first-order valence-electron chi connectivity index (χ1n) is 7.12. The normalized spacial score (nSPS) is 15.8. The van der Waals surface area contributed by atoms with Gasteiger partial charge < -0.3 is 15.2 Å². The van der Waals surface area contributed by atoms with Gasteiger partial charge >= 0.3 is 0 Å². The van der Waals surface area contributed by atoms with Gasteiger partial charge in [-0.2, -0.15) is 0 Å². The molecule has 1 atom stereocenters. The van der Waals surface area contributed by atoms with Crippen LogP contribution >= 0.6 is 11.3 Å². The third kappa shape index (κ3) is 2.76. The summed E-state index contributed by atoms with van der Waals surface area (Å²) in [4.78, 5) is 6.04. The van der Waals surface area contributed by atoms with Gasteiger partial charge in [0.05, 0.1) is 25.5 Å². The van der Waals surface area contributed by atoms with Crippen LogP contribution in [-0.4, -0.2) is 19.2 Å². The zero-order valence-corrected chi connectivity index (χ0v) is 13.4. The SMILES string of the molecule is COc1ccc(OC)c(-c2nc(C3CC3)c(C(C)N)s2)c1. The predicted octanol–water partition coefficient (Wildman–Crippen LogP) is 3.72. The van der Waals surface area contributed by atoms with Crippen molar-refractivity contribution in [3.8, 4) is 22.1 Å². The second-order valence-corrected chi connectivity index (χ2v) is 6.43. The van der Waals surface area contributed by atoms with E-state index in [1.54, 1.807) is 25.6 Å². The third-order valence-corrected chi connectivity index (χ3v) is 5.00. The van der Waals surface area contributed by atoms with Crippen molar-refractivity contribution in [2.45, 2.75) is 31.7 Å². The smallest absolute Gasteiger partial charge is 0.129 e. The summed E-state index contributed by atoms with van der Waals surface area (Å²) in [5.41, 5.74) is 8.26. The van der Waals surface area contributed by atoms with Crippen molar-refractivity contribution in [2.75, 3.05) is 14.2 Å². The van der Waals surface area contributed by atoms with Gasteiger partial charge in [0.2, 0.25) is 0 Å². The molecule has 1 fully saturated rings. The van der Waals surface area contributed by atoms with Crippen LogP contribution in [0.25, 0.3) is 10.6 Å². The van der Waals surface area contributed by atoms with E-state index in [-0.39, 0.29) is 6.04 Å². The quantitative estimate of drug-likeness (QED) is 0.914. The predicted molar refractivity (Wildman–Crippen MR) is 85.2 cm³/mol. The number of hydrogen-bond acceptors (Lipinski definition) is 5. The third-order valence-electron chi connectivity index (χ3n) is 3.70. The van der Waals surface area contributed by atoms with Crippen molar-refractivity contribution in [1.82, 2.24) is 4.98 Å². The van der Waals surface area contributed by atoms with Crippen LogP contribution in [0.4, 0.5) is 0 Å². The highest BCUT2D eigenvalue weighted by molar-refractivity contribution is 7.15. The maximum atomic E-state index is 6.11. The Labute approximate surface area is 128 Å². The Hall–Kier alpha value is -1.59. The zero-order valence-electron chi connectivity index (χ0n) is 12.6. The van der Waals surface area contributed by atoms with Crippen molar-refractivity contribution < 1.29 is 9.47 Å². The van der Waals surface area contributed by atoms with E-state index in [2.05, 4.69) is 0 Å². The molecule has 5 heteroatoms. The topological polar surface area (TPSA) is 57.4 Å². The number of rotatable bonds is 5. The van der Waals surface area contributed by atoms with Crippen molar-refractivity contribution in [1.29, 1.82) is 0 Å². The Bertz CT molecular complexity index is 628. The van der Waals surface area contributed by atoms with E-state index in [1.807, 2.05) is 25.1 Å². The Morgan fingerprint density at radius 2 is 2.05 bits per heavy atom. The van der Waals surface area contributed by atoms with Crippen molar-refractivity contribution in [2.24, 2.45) is 5.73 Å². The van der Waals surface area contributed by atoms with Gasteiger partial charge in [0.15, 0.2) is 0 Å². The lowest BCUT2D eigenvalue weighted by atomic mass is 10.1. The molecule has 0 spiro atoms. The summed E-state index contributed by atoms with van der Waals surface area (Å²) in [6.07, 6.45) is 2.44. The monoisotopic (exact) mass is 304 g/mol. The van der Waals surface area contributed by atoms with Gasteiger partial charge in [0.25, 0.3) is 0 Å². The fourth-order valence-electron chi connectivity index (χ4n) is 2.42. The minimum Gasteiger partial charge on any atom is -0.497 e. The Morgan fingerprint density at radius 1 is 1.29 bits per heavy atom. The standard InChI is InChI=1S/C16H20N2O2S/c1-9(17)15-14(10-4-5-10)18-16(21-15)12-8-11(19-2)6-7-13(12)20-3/h6-10H,4-5,17H2,1-3H3. The van der Waals surface area contributed by atoms with Crippen LogP contribution in [0.1, 0.15) is 42.3 Å². The maximum absolute atomic E-state index is 6.11. The number of aromatic nitrogens is 1. The minimum absolute atomic E-state index is 0.0171. The average Bonchev–Trinajstić information content (AvgIpc) is 3.24. The number of ether oxygens (including phenoxy) is 2. The molecule has 1 aromatic heterocycles. The van der Waals surface area contributed by atoms with Gasteiger partial charge in [-0.3, -0.25) is 0 Å². The number of nitrogens with zero attached hydrogens (tertiary/aromatic N) is 1. The molecule has 21 heavy (non-hydrogen) atoms. The molecular weight excluding hydrogens is 284 g/mol. The van der Waals surface area contributed by atoms with Crippen LogP contribution in [0.5, 0.6) is 11.5 Å². The van der Waals surface area contributed by atoms with Crippen LogP contribution in [0.3, 0.4) is 0 Å².